The van der Waals surface area contributed by atoms with Gasteiger partial charge in [0, 0.05) is 39.6 Å². The van der Waals surface area contributed by atoms with Gasteiger partial charge in [-0.3, -0.25) is 14.4 Å². The lowest BCUT2D eigenvalue weighted by atomic mass is 9.49. The van der Waals surface area contributed by atoms with Gasteiger partial charge in [-0.1, -0.05) is 0 Å². The van der Waals surface area contributed by atoms with Crippen molar-refractivity contribution in [3.63, 3.8) is 0 Å². The highest BCUT2D eigenvalue weighted by molar-refractivity contribution is 5.90. The van der Waals surface area contributed by atoms with Gasteiger partial charge in [0.1, 0.15) is 6.04 Å². The maximum absolute atomic E-state index is 13.8. The average Bonchev–Trinajstić information content (AvgIpc) is 3.27. The molecule has 0 radical (unpaired) electrons. The number of nitrogens with zero attached hydrogens (tertiary/aromatic N) is 3. The fraction of sp³-hybridized carbons (Fsp3) is 0.840. The van der Waals surface area contributed by atoms with Crippen LogP contribution >= 0.6 is 0 Å². The van der Waals surface area contributed by atoms with Crippen molar-refractivity contribution in [1.82, 2.24) is 14.7 Å². The van der Waals surface area contributed by atoms with E-state index >= 15 is 0 Å². The van der Waals surface area contributed by atoms with E-state index in [1.807, 2.05) is 0 Å². The van der Waals surface area contributed by atoms with Crippen molar-refractivity contribution in [2.75, 3.05) is 32.7 Å². The maximum Gasteiger partial charge on any atom is 0.329 e. The van der Waals surface area contributed by atoms with Crippen molar-refractivity contribution < 1.29 is 23.9 Å². The zero-order valence-corrected chi connectivity index (χ0v) is 20.0. The molecular formula is C25H37N3O5. The van der Waals surface area contributed by atoms with Gasteiger partial charge in [0.25, 0.3) is 5.91 Å². The molecule has 4 aliphatic carbocycles. The summed E-state index contributed by atoms with van der Waals surface area (Å²) in [6.07, 6.45) is 7.29. The molecule has 6 rings (SSSR count). The maximum atomic E-state index is 13.8. The molecule has 8 nitrogen and oxygen atoms in total. The Bertz CT molecular complexity index is 799. The van der Waals surface area contributed by atoms with Gasteiger partial charge in [0.2, 0.25) is 11.8 Å². The number of hydrogen-bond donors (Lipinski definition) is 0. The molecule has 6 aliphatic rings. The Hall–Kier alpha value is -2.12. The highest BCUT2D eigenvalue weighted by atomic mass is 16.5. The van der Waals surface area contributed by atoms with E-state index in [4.69, 9.17) is 4.74 Å². The van der Waals surface area contributed by atoms with Gasteiger partial charge >= 0.3 is 5.97 Å². The first kappa shape index (κ1) is 22.7. The summed E-state index contributed by atoms with van der Waals surface area (Å²) in [6.45, 7) is 5.63. The molecule has 2 unspecified atom stereocenters. The van der Waals surface area contributed by atoms with Crippen LogP contribution < -0.4 is 0 Å². The predicted molar refractivity (Wildman–Crippen MR) is 120 cm³/mol. The van der Waals surface area contributed by atoms with Gasteiger partial charge in [-0.2, -0.15) is 0 Å². The van der Waals surface area contributed by atoms with Crippen LogP contribution in [-0.4, -0.2) is 83.3 Å². The van der Waals surface area contributed by atoms with Crippen molar-refractivity contribution in [2.24, 2.45) is 23.2 Å². The zero-order valence-electron chi connectivity index (χ0n) is 20.0. The third-order valence-electron chi connectivity index (χ3n) is 8.96. The van der Waals surface area contributed by atoms with Gasteiger partial charge in [-0.15, -0.1) is 0 Å². The minimum absolute atomic E-state index is 0.00610. The summed E-state index contributed by atoms with van der Waals surface area (Å²) in [5, 5.41) is 0. The van der Waals surface area contributed by atoms with Crippen LogP contribution in [0.5, 0.6) is 0 Å². The molecule has 6 fully saturated rings. The second-order valence-corrected chi connectivity index (χ2v) is 11.3. The van der Waals surface area contributed by atoms with Gasteiger partial charge < -0.3 is 19.4 Å². The topological polar surface area (TPSA) is 87.2 Å². The summed E-state index contributed by atoms with van der Waals surface area (Å²) in [4.78, 5) is 56.4. The molecule has 3 amide bonds. The standard InChI is InChI=1S/C25H37N3O5/c1-16(22(30)27-8-6-26(7-9-27)17(2)29)33-23(31)21-4-3-5-28(21)24(32)25-13-18-10-19(14-25)12-20(11-18)15-25/h16,18-21H,3-15H2,1-2H3. The molecule has 0 spiro atoms. The van der Waals surface area contributed by atoms with Gasteiger partial charge in [-0.05, 0) is 76.0 Å². The van der Waals surface area contributed by atoms with E-state index in [0.717, 1.165) is 25.7 Å². The molecule has 4 saturated carbocycles. The van der Waals surface area contributed by atoms with E-state index < -0.39 is 18.1 Å². The molecule has 2 aliphatic heterocycles. The minimum Gasteiger partial charge on any atom is -0.451 e. The minimum atomic E-state index is -0.890. The number of hydrogen-bond acceptors (Lipinski definition) is 5. The second kappa shape index (κ2) is 8.58. The number of ether oxygens (including phenoxy) is 1. The van der Waals surface area contributed by atoms with Crippen LogP contribution in [0, 0.1) is 23.2 Å². The van der Waals surface area contributed by atoms with E-state index in [1.165, 1.54) is 26.2 Å². The number of piperazine rings is 1. The predicted octanol–water partition coefficient (Wildman–Crippen LogP) is 1.82. The molecule has 2 atom stereocenters. The van der Waals surface area contributed by atoms with E-state index in [0.29, 0.717) is 56.9 Å². The molecule has 0 aromatic carbocycles. The van der Waals surface area contributed by atoms with Gasteiger partial charge in [-0.25, -0.2) is 4.79 Å². The second-order valence-electron chi connectivity index (χ2n) is 11.3. The normalized spacial score (nSPS) is 36.1. The summed E-state index contributed by atoms with van der Waals surface area (Å²) < 4.78 is 5.62. The van der Waals surface area contributed by atoms with Crippen LogP contribution in [-0.2, 0) is 23.9 Å². The fourth-order valence-electron chi connectivity index (χ4n) is 7.73. The molecule has 8 heteroatoms. The van der Waals surface area contributed by atoms with Crippen molar-refractivity contribution >= 4 is 23.7 Å². The molecule has 182 valence electrons. The SMILES string of the molecule is CC(=O)N1CCN(C(=O)C(C)OC(=O)C2CCCN2C(=O)C23CC4CC(CC(C4)C2)C3)CC1. The largest absolute Gasteiger partial charge is 0.451 e. The molecular weight excluding hydrogens is 422 g/mol. The number of rotatable bonds is 4. The molecule has 33 heavy (non-hydrogen) atoms. The quantitative estimate of drug-likeness (QED) is 0.599. The van der Waals surface area contributed by atoms with Crippen LogP contribution in [0.15, 0.2) is 0 Å². The Morgan fingerprint density at radius 2 is 1.39 bits per heavy atom. The van der Waals surface area contributed by atoms with Crippen LogP contribution in [0.2, 0.25) is 0 Å². The number of esters is 1. The molecule has 2 saturated heterocycles. The lowest BCUT2D eigenvalue weighted by Gasteiger charge is -2.56. The van der Waals surface area contributed by atoms with Crippen LogP contribution in [0.3, 0.4) is 0 Å². The Morgan fingerprint density at radius 3 is 1.94 bits per heavy atom. The van der Waals surface area contributed by atoms with Crippen molar-refractivity contribution in [2.45, 2.75) is 77.4 Å². The Kier molecular flexibility index (Phi) is 5.90. The first-order valence-corrected chi connectivity index (χ1v) is 12.8. The van der Waals surface area contributed by atoms with Crippen LogP contribution in [0.4, 0.5) is 0 Å². The highest BCUT2D eigenvalue weighted by Gasteiger charge is 2.57. The third kappa shape index (κ3) is 4.14. The molecule has 4 bridgehead atoms. The van der Waals surface area contributed by atoms with E-state index in [9.17, 15) is 19.2 Å². The first-order valence-electron chi connectivity index (χ1n) is 12.8. The smallest absolute Gasteiger partial charge is 0.329 e. The van der Waals surface area contributed by atoms with Crippen molar-refractivity contribution in [1.29, 1.82) is 0 Å². The number of amides is 3. The van der Waals surface area contributed by atoms with Crippen molar-refractivity contribution in [3.8, 4) is 0 Å². The van der Waals surface area contributed by atoms with Crippen molar-refractivity contribution in [3.05, 3.63) is 0 Å². The summed E-state index contributed by atoms with van der Waals surface area (Å²) in [6, 6.07) is -0.574. The lowest BCUT2D eigenvalue weighted by Crippen LogP contribution is -2.57. The molecule has 0 aromatic rings. The molecule has 0 N–H and O–H groups in total. The van der Waals surface area contributed by atoms with Gasteiger partial charge in [0.15, 0.2) is 6.10 Å². The summed E-state index contributed by atoms with van der Waals surface area (Å²) in [5.41, 5.74) is -0.268. The van der Waals surface area contributed by atoms with Crippen LogP contribution in [0.25, 0.3) is 0 Å². The van der Waals surface area contributed by atoms with E-state index in [1.54, 1.807) is 21.6 Å². The Labute approximate surface area is 196 Å². The molecule has 0 aromatic heterocycles. The summed E-state index contributed by atoms with van der Waals surface area (Å²) >= 11 is 0. The van der Waals surface area contributed by atoms with Gasteiger partial charge in [0.05, 0.1) is 5.41 Å². The summed E-state index contributed by atoms with van der Waals surface area (Å²) in [7, 11) is 0. The summed E-state index contributed by atoms with van der Waals surface area (Å²) in [5.74, 6) is 1.52. The van der Waals surface area contributed by atoms with E-state index in [2.05, 4.69) is 0 Å². The number of carbonyl (C=O) groups is 4. The Morgan fingerprint density at radius 1 is 0.848 bits per heavy atom. The number of carbonyl (C=O) groups excluding carboxylic acids is 4. The molecule has 2 heterocycles. The fourth-order valence-corrected chi connectivity index (χ4v) is 7.73. The highest BCUT2D eigenvalue weighted by Crippen LogP contribution is 2.60. The third-order valence-corrected chi connectivity index (χ3v) is 8.96. The zero-order chi connectivity index (χ0) is 23.3. The lowest BCUT2D eigenvalue weighted by molar-refractivity contribution is -0.170. The average molecular weight is 460 g/mol. The van der Waals surface area contributed by atoms with Crippen LogP contribution in [0.1, 0.15) is 65.2 Å². The monoisotopic (exact) mass is 459 g/mol. The number of likely N-dealkylation sites (tertiary alicyclic amines) is 1. The van der Waals surface area contributed by atoms with E-state index in [-0.39, 0.29) is 23.1 Å². The first-order chi connectivity index (χ1) is 15.8. The Balaban J connectivity index is 1.19.